The van der Waals surface area contributed by atoms with E-state index in [2.05, 4.69) is 64.9 Å². The number of ether oxygens (including phenoxy) is 1. The molecule has 0 spiro atoms. The van der Waals surface area contributed by atoms with Gasteiger partial charge in [-0.2, -0.15) is 0 Å². The van der Waals surface area contributed by atoms with Crippen LogP contribution in [0.4, 0.5) is 0 Å². The monoisotopic (exact) mass is 335 g/mol. The van der Waals surface area contributed by atoms with Gasteiger partial charge in [-0.3, -0.25) is 4.90 Å². The molecule has 1 aliphatic rings. The average Bonchev–Trinajstić information content (AvgIpc) is 3.02. The van der Waals surface area contributed by atoms with Gasteiger partial charge in [-0.15, -0.1) is 0 Å². The topological polar surface area (TPSA) is 30.3 Å². The molecule has 130 valence electrons. The quantitative estimate of drug-likeness (QED) is 0.712. The number of hydrogen-bond acceptors (Lipinski definition) is 3. The summed E-state index contributed by atoms with van der Waals surface area (Å²) in [5.74, 6) is 1.08. The van der Waals surface area contributed by atoms with Gasteiger partial charge in [0.25, 0.3) is 0 Å². The van der Waals surface area contributed by atoms with Gasteiger partial charge >= 0.3 is 0 Å². The van der Waals surface area contributed by atoms with E-state index in [-0.39, 0.29) is 0 Å². The van der Waals surface area contributed by atoms with Gasteiger partial charge in [0.05, 0.1) is 24.2 Å². The first kappa shape index (κ1) is 16.3. The summed E-state index contributed by atoms with van der Waals surface area (Å²) in [5, 5.41) is 0. The molecule has 0 radical (unpaired) electrons. The van der Waals surface area contributed by atoms with E-state index in [1.54, 1.807) is 0 Å². The largest absolute Gasteiger partial charge is 0.379 e. The predicted octanol–water partition coefficient (Wildman–Crippen LogP) is 3.73. The minimum Gasteiger partial charge on any atom is -0.379 e. The van der Waals surface area contributed by atoms with Crippen LogP contribution >= 0.6 is 0 Å². The zero-order valence-electron chi connectivity index (χ0n) is 14.8. The fourth-order valence-corrected chi connectivity index (χ4v) is 3.61. The van der Waals surface area contributed by atoms with E-state index in [0.29, 0.717) is 0 Å². The highest BCUT2D eigenvalue weighted by Crippen LogP contribution is 2.27. The molecule has 0 bridgehead atoms. The van der Waals surface area contributed by atoms with E-state index in [9.17, 15) is 0 Å². The molecular weight excluding hydrogens is 310 g/mol. The Kier molecular flexibility index (Phi) is 4.81. The maximum Gasteiger partial charge on any atom is 0.141 e. The molecule has 3 aromatic rings. The van der Waals surface area contributed by atoms with Crippen LogP contribution in [0, 0.1) is 6.92 Å². The molecule has 0 unspecified atom stereocenters. The number of imidazole rings is 1. The highest BCUT2D eigenvalue weighted by atomic mass is 16.5. The molecule has 1 aromatic heterocycles. The summed E-state index contributed by atoms with van der Waals surface area (Å²) in [5.41, 5.74) is 4.80. The van der Waals surface area contributed by atoms with E-state index in [0.717, 1.165) is 57.2 Å². The molecule has 0 saturated carbocycles. The molecule has 25 heavy (non-hydrogen) atoms. The lowest BCUT2D eigenvalue weighted by atomic mass is 10.1. The lowest BCUT2D eigenvalue weighted by molar-refractivity contribution is 0.0370. The van der Waals surface area contributed by atoms with Crippen LogP contribution in [0.15, 0.2) is 48.5 Å². The Morgan fingerprint density at radius 1 is 0.960 bits per heavy atom. The number of hydrogen-bond donors (Lipinski definition) is 0. The van der Waals surface area contributed by atoms with Gasteiger partial charge in [0.15, 0.2) is 0 Å². The van der Waals surface area contributed by atoms with Crippen LogP contribution in [-0.2, 0) is 11.3 Å². The number of fused-ring (bicyclic) bond motifs is 1. The van der Waals surface area contributed by atoms with Crippen LogP contribution in [-0.4, -0.2) is 47.3 Å². The second-order valence-electron chi connectivity index (χ2n) is 6.70. The van der Waals surface area contributed by atoms with Crippen molar-refractivity contribution in [2.75, 3.05) is 32.8 Å². The molecular formula is C21H25N3O. The Hall–Kier alpha value is -2.17. The number of morpholine rings is 1. The molecule has 1 fully saturated rings. The Morgan fingerprint density at radius 2 is 1.72 bits per heavy atom. The predicted molar refractivity (Wildman–Crippen MR) is 102 cm³/mol. The summed E-state index contributed by atoms with van der Waals surface area (Å²) >= 11 is 0. The van der Waals surface area contributed by atoms with Crippen molar-refractivity contribution in [2.24, 2.45) is 0 Å². The van der Waals surface area contributed by atoms with E-state index in [1.807, 2.05) is 0 Å². The van der Waals surface area contributed by atoms with Crippen molar-refractivity contribution >= 4 is 11.0 Å². The van der Waals surface area contributed by atoms with Crippen molar-refractivity contribution in [3.8, 4) is 11.4 Å². The summed E-state index contributed by atoms with van der Waals surface area (Å²) in [4.78, 5) is 7.43. The number of aryl methyl sites for hydroxylation is 2. The Labute approximate surface area is 149 Å². The first-order valence-electron chi connectivity index (χ1n) is 9.14. The van der Waals surface area contributed by atoms with Crippen molar-refractivity contribution in [1.29, 1.82) is 0 Å². The van der Waals surface area contributed by atoms with Crippen LogP contribution in [0.3, 0.4) is 0 Å². The van der Waals surface area contributed by atoms with Gasteiger partial charge in [-0.25, -0.2) is 4.98 Å². The summed E-state index contributed by atoms with van der Waals surface area (Å²) in [6.07, 6.45) is 1.12. The van der Waals surface area contributed by atoms with Gasteiger partial charge in [0.1, 0.15) is 5.82 Å². The third-order valence-corrected chi connectivity index (χ3v) is 5.00. The molecule has 4 nitrogen and oxygen atoms in total. The first-order chi connectivity index (χ1) is 12.3. The molecule has 4 rings (SSSR count). The number of rotatable bonds is 5. The summed E-state index contributed by atoms with van der Waals surface area (Å²) in [6, 6.07) is 17.0. The maximum atomic E-state index is 5.44. The van der Waals surface area contributed by atoms with Gasteiger partial charge in [-0.1, -0.05) is 36.4 Å². The number of para-hydroxylation sites is 2. The molecule has 2 heterocycles. The highest BCUT2D eigenvalue weighted by molar-refractivity contribution is 5.81. The van der Waals surface area contributed by atoms with Crippen LogP contribution in [0.2, 0.25) is 0 Å². The number of aromatic nitrogens is 2. The minimum absolute atomic E-state index is 0.864. The van der Waals surface area contributed by atoms with Crippen LogP contribution < -0.4 is 0 Å². The lowest BCUT2D eigenvalue weighted by Gasteiger charge is -2.26. The maximum absolute atomic E-state index is 5.44. The minimum atomic E-state index is 0.864. The first-order valence-corrected chi connectivity index (χ1v) is 9.14. The van der Waals surface area contributed by atoms with Crippen LogP contribution in [0.25, 0.3) is 22.4 Å². The molecule has 0 N–H and O–H groups in total. The van der Waals surface area contributed by atoms with Gasteiger partial charge in [-0.05, 0) is 31.0 Å². The lowest BCUT2D eigenvalue weighted by Crippen LogP contribution is -2.37. The van der Waals surface area contributed by atoms with E-state index >= 15 is 0 Å². The number of benzene rings is 2. The molecule has 1 aliphatic heterocycles. The van der Waals surface area contributed by atoms with Crippen molar-refractivity contribution in [3.63, 3.8) is 0 Å². The number of nitrogens with zero attached hydrogens (tertiary/aromatic N) is 3. The smallest absolute Gasteiger partial charge is 0.141 e. The Balaban J connectivity index is 1.62. The molecule has 0 aliphatic carbocycles. The van der Waals surface area contributed by atoms with Gasteiger partial charge < -0.3 is 9.30 Å². The Bertz CT molecular complexity index is 849. The summed E-state index contributed by atoms with van der Waals surface area (Å²) < 4.78 is 7.83. The zero-order valence-corrected chi connectivity index (χ0v) is 14.8. The van der Waals surface area contributed by atoms with E-state index in [1.165, 1.54) is 16.6 Å². The third-order valence-electron chi connectivity index (χ3n) is 5.00. The van der Waals surface area contributed by atoms with Crippen LogP contribution in [0.5, 0.6) is 0 Å². The van der Waals surface area contributed by atoms with Crippen molar-refractivity contribution < 1.29 is 4.74 Å². The fraction of sp³-hybridized carbons (Fsp3) is 0.381. The van der Waals surface area contributed by atoms with Crippen molar-refractivity contribution in [2.45, 2.75) is 19.9 Å². The van der Waals surface area contributed by atoms with Crippen molar-refractivity contribution in [1.82, 2.24) is 14.5 Å². The van der Waals surface area contributed by atoms with Crippen LogP contribution in [0.1, 0.15) is 12.0 Å². The van der Waals surface area contributed by atoms with E-state index < -0.39 is 0 Å². The Morgan fingerprint density at radius 3 is 2.56 bits per heavy atom. The zero-order chi connectivity index (χ0) is 17.1. The molecule has 2 aromatic carbocycles. The van der Waals surface area contributed by atoms with Gasteiger partial charge in [0, 0.05) is 31.7 Å². The van der Waals surface area contributed by atoms with Crippen molar-refractivity contribution in [3.05, 3.63) is 54.1 Å². The normalized spacial score (nSPS) is 15.7. The van der Waals surface area contributed by atoms with Gasteiger partial charge in [0.2, 0.25) is 0 Å². The molecule has 0 atom stereocenters. The molecule has 4 heteroatoms. The molecule has 0 amide bonds. The standard InChI is InChI=1S/C21H25N3O/c1-17-7-2-3-8-18(17)21-22-19-9-4-5-10-20(19)24(21)12-6-11-23-13-15-25-16-14-23/h2-5,7-10H,6,11-16H2,1H3. The fourth-order valence-electron chi connectivity index (χ4n) is 3.61. The third kappa shape index (κ3) is 3.46. The van der Waals surface area contributed by atoms with E-state index in [4.69, 9.17) is 9.72 Å². The second kappa shape index (κ2) is 7.38. The molecule has 1 saturated heterocycles. The summed E-state index contributed by atoms with van der Waals surface area (Å²) in [6.45, 7) is 8.09. The second-order valence-corrected chi connectivity index (χ2v) is 6.70. The summed E-state index contributed by atoms with van der Waals surface area (Å²) in [7, 11) is 0. The highest BCUT2D eigenvalue weighted by Gasteiger charge is 2.15. The SMILES string of the molecule is Cc1ccccc1-c1nc2ccccc2n1CCCN1CCOCC1. The average molecular weight is 335 g/mol.